The van der Waals surface area contributed by atoms with E-state index in [2.05, 4.69) is 10.6 Å². The fourth-order valence-electron chi connectivity index (χ4n) is 1.40. The van der Waals surface area contributed by atoms with Crippen molar-refractivity contribution in [2.75, 3.05) is 11.9 Å². The molecule has 4 N–H and O–H groups in total. The number of amides is 2. The molecule has 0 fully saturated rings. The Hall–Kier alpha value is -1.62. The topological polar surface area (TPSA) is 67.2 Å². The molecule has 2 amide bonds. The average molecular weight is 239 g/mol. The summed E-state index contributed by atoms with van der Waals surface area (Å²) in [5.74, 6) is -0.359. The fraction of sp³-hybridized carbons (Fsp3) is 0.417. The zero-order valence-electron chi connectivity index (χ0n) is 9.92. The Balaban J connectivity index is 2.58. The van der Waals surface area contributed by atoms with Gasteiger partial charge < -0.3 is 16.4 Å². The predicted molar refractivity (Wildman–Crippen MR) is 66.2 cm³/mol. The molecule has 0 atom stereocenters. The average Bonchev–Trinajstić information content (AvgIpc) is 2.32. The summed E-state index contributed by atoms with van der Waals surface area (Å²) in [5.41, 5.74) is 6.60. The maximum absolute atomic E-state index is 12.9. The highest BCUT2D eigenvalue weighted by Crippen LogP contribution is 2.16. The molecule has 0 saturated carbocycles. The highest BCUT2D eigenvalue weighted by Gasteiger charge is 2.06. The minimum atomic E-state index is -0.359. The van der Waals surface area contributed by atoms with Crippen LogP contribution in [0.2, 0.25) is 0 Å². The number of nitrogens with two attached hydrogens (primary N) is 1. The van der Waals surface area contributed by atoms with Crippen molar-refractivity contribution >= 4 is 11.7 Å². The van der Waals surface area contributed by atoms with Crippen LogP contribution in [0.1, 0.15) is 25.3 Å². The lowest BCUT2D eigenvalue weighted by Gasteiger charge is -2.10. The molecule has 1 aromatic rings. The van der Waals surface area contributed by atoms with Gasteiger partial charge >= 0.3 is 6.03 Å². The van der Waals surface area contributed by atoms with Crippen LogP contribution in [0.3, 0.4) is 0 Å². The molecular formula is C12H18FN3O. The van der Waals surface area contributed by atoms with Gasteiger partial charge in [0.15, 0.2) is 0 Å². The van der Waals surface area contributed by atoms with E-state index in [9.17, 15) is 9.18 Å². The molecule has 0 saturated heterocycles. The lowest BCUT2D eigenvalue weighted by atomic mass is 10.1. The van der Waals surface area contributed by atoms with Crippen molar-refractivity contribution in [3.05, 3.63) is 29.6 Å². The van der Waals surface area contributed by atoms with Crippen LogP contribution in [0, 0.1) is 5.82 Å². The van der Waals surface area contributed by atoms with E-state index >= 15 is 0 Å². The third kappa shape index (κ3) is 4.40. The Morgan fingerprint density at radius 3 is 2.88 bits per heavy atom. The number of halogens is 1. The highest BCUT2D eigenvalue weighted by molar-refractivity contribution is 5.90. The fourth-order valence-corrected chi connectivity index (χ4v) is 1.40. The maximum Gasteiger partial charge on any atom is 0.319 e. The van der Waals surface area contributed by atoms with Gasteiger partial charge in [0.2, 0.25) is 0 Å². The zero-order chi connectivity index (χ0) is 12.7. The molecule has 17 heavy (non-hydrogen) atoms. The Morgan fingerprint density at radius 2 is 2.24 bits per heavy atom. The second-order valence-corrected chi connectivity index (χ2v) is 3.74. The van der Waals surface area contributed by atoms with Crippen LogP contribution in [-0.2, 0) is 6.54 Å². The predicted octanol–water partition coefficient (Wildman–Crippen LogP) is 2.21. The smallest absolute Gasteiger partial charge is 0.319 e. The van der Waals surface area contributed by atoms with Crippen LogP contribution < -0.4 is 16.4 Å². The first-order valence-electron chi connectivity index (χ1n) is 5.70. The third-order valence-electron chi connectivity index (χ3n) is 2.35. The first kappa shape index (κ1) is 13.4. The molecule has 5 heteroatoms. The number of hydrogen-bond donors (Lipinski definition) is 3. The van der Waals surface area contributed by atoms with Crippen LogP contribution in [-0.4, -0.2) is 12.6 Å². The van der Waals surface area contributed by atoms with Crippen molar-refractivity contribution in [1.29, 1.82) is 0 Å². The van der Waals surface area contributed by atoms with Gasteiger partial charge in [-0.25, -0.2) is 9.18 Å². The minimum absolute atomic E-state index is 0.183. The first-order valence-corrected chi connectivity index (χ1v) is 5.70. The second kappa shape index (κ2) is 6.85. The number of nitrogens with one attached hydrogen (secondary N) is 2. The van der Waals surface area contributed by atoms with E-state index < -0.39 is 0 Å². The SMILES string of the molecule is CCCCNC(=O)Nc1ccc(F)cc1CN. The van der Waals surface area contributed by atoms with Crippen LogP contribution in [0.15, 0.2) is 18.2 Å². The zero-order valence-corrected chi connectivity index (χ0v) is 9.92. The summed E-state index contributed by atoms with van der Waals surface area (Å²) in [6, 6.07) is 3.83. The van der Waals surface area contributed by atoms with Crippen LogP contribution in [0.25, 0.3) is 0 Å². The van der Waals surface area contributed by atoms with Gasteiger partial charge in [0.25, 0.3) is 0 Å². The van der Waals surface area contributed by atoms with Crippen molar-refractivity contribution in [2.24, 2.45) is 5.73 Å². The molecule has 4 nitrogen and oxygen atoms in total. The Kier molecular flexibility index (Phi) is 5.42. The third-order valence-corrected chi connectivity index (χ3v) is 2.35. The Labute approximate surface area is 100 Å². The second-order valence-electron chi connectivity index (χ2n) is 3.74. The lowest BCUT2D eigenvalue weighted by Crippen LogP contribution is -2.30. The van der Waals surface area contributed by atoms with Crippen molar-refractivity contribution < 1.29 is 9.18 Å². The molecule has 0 bridgehead atoms. The molecule has 0 aromatic heterocycles. The number of benzene rings is 1. The van der Waals surface area contributed by atoms with Crippen LogP contribution >= 0.6 is 0 Å². The highest BCUT2D eigenvalue weighted by atomic mass is 19.1. The number of unbranched alkanes of at least 4 members (excludes halogenated alkanes) is 1. The lowest BCUT2D eigenvalue weighted by molar-refractivity contribution is 0.252. The number of urea groups is 1. The van der Waals surface area contributed by atoms with E-state index in [1.165, 1.54) is 18.2 Å². The molecule has 94 valence electrons. The van der Waals surface area contributed by atoms with Crippen molar-refractivity contribution in [2.45, 2.75) is 26.3 Å². The monoisotopic (exact) mass is 239 g/mol. The number of rotatable bonds is 5. The van der Waals surface area contributed by atoms with Gasteiger partial charge in [0.1, 0.15) is 5.82 Å². The molecule has 1 aromatic carbocycles. The normalized spacial score (nSPS) is 10.1. The summed E-state index contributed by atoms with van der Waals surface area (Å²) in [6.45, 7) is 2.86. The number of carbonyl (C=O) groups is 1. The number of hydrogen-bond acceptors (Lipinski definition) is 2. The van der Waals surface area contributed by atoms with E-state index in [1.807, 2.05) is 6.92 Å². The molecule has 0 radical (unpaired) electrons. The van der Waals surface area contributed by atoms with E-state index in [4.69, 9.17) is 5.73 Å². The van der Waals surface area contributed by atoms with Crippen molar-refractivity contribution in [1.82, 2.24) is 5.32 Å². The molecule has 0 aliphatic carbocycles. The largest absolute Gasteiger partial charge is 0.338 e. The van der Waals surface area contributed by atoms with Gasteiger partial charge in [-0.3, -0.25) is 0 Å². The van der Waals surface area contributed by atoms with Gasteiger partial charge in [0.05, 0.1) is 0 Å². The Morgan fingerprint density at radius 1 is 1.47 bits per heavy atom. The minimum Gasteiger partial charge on any atom is -0.338 e. The van der Waals surface area contributed by atoms with Gasteiger partial charge in [-0.15, -0.1) is 0 Å². The van der Waals surface area contributed by atoms with Crippen molar-refractivity contribution in [3.63, 3.8) is 0 Å². The van der Waals surface area contributed by atoms with Crippen LogP contribution in [0.5, 0.6) is 0 Å². The summed E-state index contributed by atoms with van der Waals surface area (Å²) in [6.07, 6.45) is 1.95. The first-order chi connectivity index (χ1) is 8.17. The summed E-state index contributed by atoms with van der Waals surface area (Å²) < 4.78 is 12.9. The molecule has 0 aliphatic rings. The summed E-state index contributed by atoms with van der Waals surface area (Å²) in [4.78, 5) is 11.5. The molecule has 0 heterocycles. The number of anilines is 1. The molecule has 0 spiro atoms. The molecule has 0 unspecified atom stereocenters. The van der Waals surface area contributed by atoms with E-state index in [-0.39, 0.29) is 18.4 Å². The summed E-state index contributed by atoms with van der Waals surface area (Å²) in [7, 11) is 0. The molecular weight excluding hydrogens is 221 g/mol. The van der Waals surface area contributed by atoms with Gasteiger partial charge in [-0.05, 0) is 30.2 Å². The van der Waals surface area contributed by atoms with Gasteiger partial charge in [-0.2, -0.15) is 0 Å². The Bertz CT molecular complexity index is 382. The molecule has 0 aliphatic heterocycles. The quantitative estimate of drug-likeness (QED) is 0.689. The standard InChI is InChI=1S/C12H18FN3O/c1-2-3-6-15-12(17)16-11-5-4-10(13)7-9(11)8-14/h4-5,7H,2-3,6,8,14H2,1H3,(H2,15,16,17). The van der Waals surface area contributed by atoms with Crippen molar-refractivity contribution in [3.8, 4) is 0 Å². The van der Waals surface area contributed by atoms with Crippen LogP contribution in [0.4, 0.5) is 14.9 Å². The number of carbonyl (C=O) groups excluding carboxylic acids is 1. The maximum atomic E-state index is 12.9. The summed E-state index contributed by atoms with van der Waals surface area (Å²) in [5, 5.41) is 5.36. The van der Waals surface area contributed by atoms with E-state index in [0.29, 0.717) is 17.8 Å². The van der Waals surface area contributed by atoms with Gasteiger partial charge in [0, 0.05) is 18.8 Å². The van der Waals surface area contributed by atoms with E-state index in [0.717, 1.165) is 12.8 Å². The van der Waals surface area contributed by atoms with Gasteiger partial charge in [-0.1, -0.05) is 13.3 Å². The molecule has 1 rings (SSSR count). The summed E-state index contributed by atoms with van der Waals surface area (Å²) >= 11 is 0. The van der Waals surface area contributed by atoms with E-state index in [1.54, 1.807) is 0 Å².